The van der Waals surface area contributed by atoms with E-state index in [-0.39, 0.29) is 18.4 Å². The van der Waals surface area contributed by atoms with Gasteiger partial charge in [-0.15, -0.1) is 0 Å². The molecule has 1 atom stereocenters. The van der Waals surface area contributed by atoms with Crippen LogP contribution in [0.2, 0.25) is 0 Å². The normalized spacial score (nSPS) is 16.6. The summed E-state index contributed by atoms with van der Waals surface area (Å²) in [6.45, 7) is 0.688. The number of carbonyl (C=O) groups is 1. The molecular formula is C15H19F3N2O. The number of alkyl halides is 3. The average Bonchev–Trinajstić information content (AvgIpc) is 3.19. The van der Waals surface area contributed by atoms with Gasteiger partial charge in [-0.3, -0.25) is 4.79 Å². The summed E-state index contributed by atoms with van der Waals surface area (Å²) in [4.78, 5) is 13.1. The van der Waals surface area contributed by atoms with Crippen LogP contribution in [-0.4, -0.2) is 29.6 Å². The molecule has 1 fully saturated rings. The lowest BCUT2D eigenvalue weighted by molar-refractivity contribution is -0.162. The third-order valence-corrected chi connectivity index (χ3v) is 3.64. The Morgan fingerprint density at radius 3 is 2.38 bits per heavy atom. The van der Waals surface area contributed by atoms with Gasteiger partial charge in [-0.25, -0.2) is 0 Å². The zero-order chi connectivity index (χ0) is 15.6. The second-order valence-electron chi connectivity index (χ2n) is 5.64. The predicted octanol–water partition coefficient (Wildman–Crippen LogP) is 3.32. The fourth-order valence-electron chi connectivity index (χ4n) is 2.32. The summed E-state index contributed by atoms with van der Waals surface area (Å²) in [5, 5.41) is 0. The van der Waals surface area contributed by atoms with E-state index in [1.54, 1.807) is 24.3 Å². The van der Waals surface area contributed by atoms with Gasteiger partial charge in [-0.05, 0) is 36.5 Å². The summed E-state index contributed by atoms with van der Waals surface area (Å²) >= 11 is 0. The molecule has 2 N–H and O–H groups in total. The first-order chi connectivity index (χ1) is 9.76. The molecule has 1 aliphatic rings. The van der Waals surface area contributed by atoms with E-state index in [0.29, 0.717) is 18.5 Å². The average molecular weight is 300 g/mol. The van der Waals surface area contributed by atoms with E-state index >= 15 is 0 Å². The maximum Gasteiger partial charge on any atom is 0.406 e. The largest absolute Gasteiger partial charge is 0.406 e. The van der Waals surface area contributed by atoms with Crippen molar-refractivity contribution in [1.29, 1.82) is 0 Å². The van der Waals surface area contributed by atoms with E-state index in [0.717, 1.165) is 10.5 Å². The molecule has 3 nitrogen and oxygen atoms in total. The smallest absolute Gasteiger partial charge is 0.399 e. The number of nitrogens with two attached hydrogens (primary N) is 1. The summed E-state index contributed by atoms with van der Waals surface area (Å²) in [5.74, 6) is -0.563. The predicted molar refractivity (Wildman–Crippen MR) is 74.7 cm³/mol. The molecule has 0 aromatic heterocycles. The molecule has 116 valence electrons. The van der Waals surface area contributed by atoms with Crippen LogP contribution in [0.15, 0.2) is 24.3 Å². The summed E-state index contributed by atoms with van der Waals surface area (Å²) in [5.41, 5.74) is 7.12. The van der Waals surface area contributed by atoms with Gasteiger partial charge < -0.3 is 10.6 Å². The van der Waals surface area contributed by atoms with Crippen molar-refractivity contribution in [3.05, 3.63) is 29.8 Å². The lowest BCUT2D eigenvalue weighted by Crippen LogP contribution is -2.40. The Kier molecular flexibility index (Phi) is 4.44. The Morgan fingerprint density at radius 1 is 1.33 bits per heavy atom. The molecule has 0 spiro atoms. The van der Waals surface area contributed by atoms with Crippen molar-refractivity contribution in [3.63, 3.8) is 0 Å². The van der Waals surface area contributed by atoms with Crippen molar-refractivity contribution in [2.75, 3.05) is 12.3 Å². The van der Waals surface area contributed by atoms with E-state index in [2.05, 4.69) is 0 Å². The standard InChI is InChI=1S/C15H19F3N2O/c1-10(11-2-4-12(19)5-3-11)8-14(21)20(13-6-7-13)9-15(16,17)18/h2-5,10,13H,6-9,19H2,1H3. The topological polar surface area (TPSA) is 46.3 Å². The Hall–Kier alpha value is -1.72. The van der Waals surface area contributed by atoms with Gasteiger partial charge in [0, 0.05) is 18.2 Å². The molecule has 0 radical (unpaired) electrons. The number of nitrogen functional groups attached to an aromatic ring is 1. The van der Waals surface area contributed by atoms with Gasteiger partial charge in [0.05, 0.1) is 0 Å². The second-order valence-corrected chi connectivity index (χ2v) is 5.64. The number of carbonyl (C=O) groups excluding carboxylic acids is 1. The third kappa shape index (κ3) is 4.65. The minimum Gasteiger partial charge on any atom is -0.399 e. The van der Waals surface area contributed by atoms with Crippen molar-refractivity contribution in [3.8, 4) is 0 Å². The van der Waals surface area contributed by atoms with Crippen LogP contribution >= 0.6 is 0 Å². The second kappa shape index (κ2) is 5.95. The van der Waals surface area contributed by atoms with Crippen molar-refractivity contribution in [1.82, 2.24) is 4.90 Å². The first-order valence-corrected chi connectivity index (χ1v) is 6.98. The van der Waals surface area contributed by atoms with Crippen molar-refractivity contribution >= 4 is 11.6 Å². The van der Waals surface area contributed by atoms with Crippen LogP contribution in [-0.2, 0) is 4.79 Å². The fourth-order valence-corrected chi connectivity index (χ4v) is 2.32. The van der Waals surface area contributed by atoms with Crippen LogP contribution < -0.4 is 5.73 Å². The summed E-state index contributed by atoms with van der Waals surface area (Å²) in [6.07, 6.45) is -2.94. The molecule has 0 saturated heterocycles. The van der Waals surface area contributed by atoms with Crippen molar-refractivity contribution in [2.45, 2.75) is 44.3 Å². The highest BCUT2D eigenvalue weighted by Crippen LogP contribution is 2.32. The molecule has 1 saturated carbocycles. The number of hydrogen-bond donors (Lipinski definition) is 1. The zero-order valence-corrected chi connectivity index (χ0v) is 11.9. The Bertz CT molecular complexity index is 495. The highest BCUT2D eigenvalue weighted by atomic mass is 19.4. The van der Waals surface area contributed by atoms with Crippen LogP contribution in [0.1, 0.15) is 37.7 Å². The van der Waals surface area contributed by atoms with Gasteiger partial charge in [0.2, 0.25) is 5.91 Å². The molecule has 1 aliphatic carbocycles. The Labute approximate surface area is 121 Å². The number of anilines is 1. The van der Waals surface area contributed by atoms with Gasteiger partial charge in [0.15, 0.2) is 0 Å². The maximum atomic E-state index is 12.6. The molecule has 0 heterocycles. The molecule has 1 amide bonds. The Morgan fingerprint density at radius 2 is 1.90 bits per heavy atom. The van der Waals surface area contributed by atoms with Crippen molar-refractivity contribution < 1.29 is 18.0 Å². The molecule has 1 unspecified atom stereocenters. The molecule has 0 bridgehead atoms. The molecule has 6 heteroatoms. The van der Waals surface area contributed by atoms with Gasteiger partial charge in [-0.2, -0.15) is 13.2 Å². The number of benzene rings is 1. The van der Waals surface area contributed by atoms with Crippen LogP contribution in [0.25, 0.3) is 0 Å². The molecule has 0 aliphatic heterocycles. The molecule has 1 aromatic rings. The zero-order valence-electron chi connectivity index (χ0n) is 11.9. The van der Waals surface area contributed by atoms with Gasteiger partial charge in [0.1, 0.15) is 6.54 Å². The summed E-state index contributed by atoms with van der Waals surface area (Å²) < 4.78 is 37.7. The maximum absolute atomic E-state index is 12.6. The van der Waals surface area contributed by atoms with Gasteiger partial charge >= 0.3 is 6.18 Å². The highest BCUT2D eigenvalue weighted by molar-refractivity contribution is 5.78. The molecule has 21 heavy (non-hydrogen) atoms. The van der Waals surface area contributed by atoms with Gasteiger partial charge in [-0.1, -0.05) is 19.1 Å². The van der Waals surface area contributed by atoms with Crippen LogP contribution in [0.5, 0.6) is 0 Å². The van der Waals surface area contributed by atoms with E-state index in [9.17, 15) is 18.0 Å². The quantitative estimate of drug-likeness (QED) is 0.848. The van der Waals surface area contributed by atoms with E-state index < -0.39 is 18.6 Å². The van der Waals surface area contributed by atoms with Crippen molar-refractivity contribution in [2.24, 2.45) is 0 Å². The lowest BCUT2D eigenvalue weighted by atomic mass is 9.97. The minimum absolute atomic E-state index is 0.0799. The number of amides is 1. The first kappa shape index (κ1) is 15.7. The molecule has 1 aromatic carbocycles. The highest BCUT2D eigenvalue weighted by Gasteiger charge is 2.40. The van der Waals surface area contributed by atoms with Gasteiger partial charge in [0.25, 0.3) is 0 Å². The number of rotatable bonds is 5. The first-order valence-electron chi connectivity index (χ1n) is 6.98. The van der Waals surface area contributed by atoms with Crippen LogP contribution in [0.4, 0.5) is 18.9 Å². The summed E-state index contributed by atoms with van der Waals surface area (Å²) in [6, 6.07) is 6.82. The minimum atomic E-state index is -4.34. The Balaban J connectivity index is 1.99. The van der Waals surface area contributed by atoms with E-state index in [1.165, 1.54) is 0 Å². The molecule has 2 rings (SSSR count). The van der Waals surface area contributed by atoms with E-state index in [1.807, 2.05) is 6.92 Å². The number of nitrogens with zero attached hydrogens (tertiary/aromatic N) is 1. The number of hydrogen-bond acceptors (Lipinski definition) is 2. The summed E-state index contributed by atoms with van der Waals surface area (Å²) in [7, 11) is 0. The number of halogens is 3. The monoisotopic (exact) mass is 300 g/mol. The lowest BCUT2D eigenvalue weighted by Gasteiger charge is -2.25. The van der Waals surface area contributed by atoms with E-state index in [4.69, 9.17) is 5.73 Å². The molecular weight excluding hydrogens is 281 g/mol. The fraction of sp³-hybridized carbons (Fsp3) is 0.533. The third-order valence-electron chi connectivity index (χ3n) is 3.64. The van der Waals surface area contributed by atoms with Crippen LogP contribution in [0.3, 0.4) is 0 Å². The SMILES string of the molecule is CC(CC(=O)N(CC(F)(F)F)C1CC1)c1ccc(N)cc1. The van der Waals surface area contributed by atoms with Crippen LogP contribution in [0, 0.1) is 0 Å².